The van der Waals surface area contributed by atoms with Crippen LogP contribution in [0.1, 0.15) is 31.7 Å². The first-order valence-corrected chi connectivity index (χ1v) is 12.5. The molecule has 3 aromatic rings. The lowest BCUT2D eigenvalue weighted by molar-refractivity contribution is -0.117. The number of para-hydroxylation sites is 2. The van der Waals surface area contributed by atoms with Crippen LogP contribution in [0.2, 0.25) is 0 Å². The van der Waals surface area contributed by atoms with Gasteiger partial charge >= 0.3 is 0 Å². The van der Waals surface area contributed by atoms with Gasteiger partial charge in [0.2, 0.25) is 5.91 Å². The molecule has 2 aliphatic rings. The number of benzene rings is 1. The smallest absolute Gasteiger partial charge is 0.226 e. The van der Waals surface area contributed by atoms with Crippen molar-refractivity contribution < 1.29 is 9.53 Å². The average molecular weight is 475 g/mol. The molecule has 8 nitrogen and oxygen atoms in total. The molecule has 1 atom stereocenters. The minimum atomic E-state index is 0.0332. The summed E-state index contributed by atoms with van der Waals surface area (Å²) in [5.41, 5.74) is 3.14. The van der Waals surface area contributed by atoms with Crippen LogP contribution in [0.4, 0.5) is 17.3 Å². The molecule has 1 saturated heterocycles. The van der Waals surface area contributed by atoms with Crippen molar-refractivity contribution in [3.63, 3.8) is 0 Å². The van der Waals surface area contributed by atoms with E-state index in [2.05, 4.69) is 57.5 Å². The molecule has 0 aliphatic carbocycles. The van der Waals surface area contributed by atoms with Gasteiger partial charge in [0.15, 0.2) is 5.82 Å². The summed E-state index contributed by atoms with van der Waals surface area (Å²) in [6.45, 7) is 9.89. The fraction of sp³-hybridized carbons (Fsp3) is 0.444. The van der Waals surface area contributed by atoms with E-state index in [1.165, 1.54) is 0 Å². The largest absolute Gasteiger partial charge is 0.495 e. The molecular weight excluding hydrogens is 440 g/mol. The Morgan fingerprint density at radius 1 is 1.14 bits per heavy atom. The molecule has 0 spiro atoms. The van der Waals surface area contributed by atoms with Crippen LogP contribution < -0.4 is 20.3 Å². The summed E-state index contributed by atoms with van der Waals surface area (Å²) in [6, 6.07) is 12.3. The van der Waals surface area contributed by atoms with E-state index >= 15 is 0 Å². The highest BCUT2D eigenvalue weighted by Crippen LogP contribution is 2.41. The van der Waals surface area contributed by atoms with Gasteiger partial charge in [0, 0.05) is 62.8 Å². The fourth-order valence-corrected chi connectivity index (χ4v) is 5.25. The number of nitrogens with one attached hydrogen (secondary N) is 2. The molecule has 2 aliphatic heterocycles. The molecule has 1 aromatic carbocycles. The molecule has 8 heteroatoms. The third-order valence-corrected chi connectivity index (χ3v) is 7.16. The molecule has 1 fully saturated rings. The number of rotatable bonds is 7. The summed E-state index contributed by atoms with van der Waals surface area (Å²) in [5.74, 6) is 2.85. The molecule has 5 rings (SSSR count). The van der Waals surface area contributed by atoms with Crippen molar-refractivity contribution >= 4 is 34.1 Å². The standard InChI is InChI=1S/C27H34N6O2/c1-18(2)20-17-23(34)30-26-24(20)19-7-6-10-28-25(19)27(31-26)29-11-12-32-13-15-33(16-14-32)21-8-4-5-9-22(21)35-3/h4-10,18,20H,11-17H2,1-3H3,(H2,29,30,31,34). The first kappa shape index (κ1) is 23.4. The zero-order chi connectivity index (χ0) is 24.4. The maximum Gasteiger partial charge on any atom is 0.226 e. The van der Waals surface area contributed by atoms with E-state index in [1.54, 1.807) is 7.11 Å². The Labute approximate surface area is 206 Å². The van der Waals surface area contributed by atoms with Gasteiger partial charge in [0.05, 0.1) is 12.8 Å². The average Bonchev–Trinajstić information content (AvgIpc) is 2.88. The summed E-state index contributed by atoms with van der Waals surface area (Å²) in [6.07, 6.45) is 2.30. The van der Waals surface area contributed by atoms with Gasteiger partial charge in [-0.2, -0.15) is 0 Å². The minimum absolute atomic E-state index is 0.0332. The zero-order valence-corrected chi connectivity index (χ0v) is 20.8. The van der Waals surface area contributed by atoms with Crippen molar-refractivity contribution in [1.29, 1.82) is 0 Å². The number of carbonyl (C=O) groups is 1. The first-order valence-electron chi connectivity index (χ1n) is 12.5. The van der Waals surface area contributed by atoms with Crippen LogP contribution >= 0.6 is 0 Å². The van der Waals surface area contributed by atoms with Crippen LogP contribution in [-0.4, -0.2) is 67.2 Å². The summed E-state index contributed by atoms with van der Waals surface area (Å²) in [4.78, 5) is 26.7. The number of methoxy groups -OCH3 is 1. The maximum atomic E-state index is 12.4. The second-order valence-corrected chi connectivity index (χ2v) is 9.65. The topological polar surface area (TPSA) is 82.6 Å². The Kier molecular flexibility index (Phi) is 6.72. The number of hydrogen-bond acceptors (Lipinski definition) is 7. The molecule has 4 heterocycles. The molecule has 0 bridgehead atoms. The molecule has 184 valence electrons. The van der Waals surface area contributed by atoms with Crippen LogP contribution in [0.25, 0.3) is 10.9 Å². The van der Waals surface area contributed by atoms with Crippen molar-refractivity contribution in [2.75, 3.05) is 61.9 Å². The van der Waals surface area contributed by atoms with E-state index in [4.69, 9.17) is 9.72 Å². The van der Waals surface area contributed by atoms with Crippen molar-refractivity contribution in [2.24, 2.45) is 5.92 Å². The zero-order valence-electron chi connectivity index (χ0n) is 20.8. The molecule has 35 heavy (non-hydrogen) atoms. The summed E-state index contributed by atoms with van der Waals surface area (Å²) in [5, 5.41) is 7.58. The van der Waals surface area contributed by atoms with E-state index in [0.717, 1.165) is 73.0 Å². The number of ether oxygens (including phenoxy) is 1. The number of fused-ring (bicyclic) bond motifs is 3. The Morgan fingerprint density at radius 2 is 1.94 bits per heavy atom. The first-order chi connectivity index (χ1) is 17.0. The molecule has 1 unspecified atom stereocenters. The van der Waals surface area contributed by atoms with Crippen LogP contribution in [-0.2, 0) is 4.79 Å². The third kappa shape index (κ3) is 4.75. The van der Waals surface area contributed by atoms with Crippen LogP contribution in [0.15, 0.2) is 42.6 Å². The van der Waals surface area contributed by atoms with Gasteiger partial charge in [-0.25, -0.2) is 4.98 Å². The fourth-order valence-electron chi connectivity index (χ4n) is 5.25. The highest BCUT2D eigenvalue weighted by molar-refractivity contribution is 6.01. The Hall–Kier alpha value is -3.39. The highest BCUT2D eigenvalue weighted by Gasteiger charge is 2.31. The van der Waals surface area contributed by atoms with Crippen LogP contribution in [0, 0.1) is 5.92 Å². The van der Waals surface area contributed by atoms with Crippen molar-refractivity contribution in [3.05, 3.63) is 48.2 Å². The lowest BCUT2D eigenvalue weighted by Gasteiger charge is -2.36. The van der Waals surface area contributed by atoms with Gasteiger partial charge < -0.3 is 20.3 Å². The van der Waals surface area contributed by atoms with Gasteiger partial charge in [0.1, 0.15) is 17.1 Å². The minimum Gasteiger partial charge on any atom is -0.495 e. The van der Waals surface area contributed by atoms with Crippen molar-refractivity contribution in [1.82, 2.24) is 14.9 Å². The van der Waals surface area contributed by atoms with Gasteiger partial charge in [-0.05, 0) is 30.0 Å². The van der Waals surface area contributed by atoms with E-state index in [1.807, 2.05) is 24.4 Å². The molecule has 0 radical (unpaired) electrons. The SMILES string of the molecule is COc1ccccc1N1CCN(CCNc2nc3c(c4cccnc24)C(C(C)C)CC(=O)N3)CC1. The Bertz CT molecular complexity index is 1210. The quantitative estimate of drug-likeness (QED) is 0.536. The Balaban J connectivity index is 1.26. The normalized spacial score (nSPS) is 18.5. The molecule has 0 saturated carbocycles. The molecule has 2 aromatic heterocycles. The van der Waals surface area contributed by atoms with Gasteiger partial charge in [-0.15, -0.1) is 0 Å². The van der Waals surface area contributed by atoms with Crippen LogP contribution in [0.5, 0.6) is 5.75 Å². The van der Waals surface area contributed by atoms with E-state index in [-0.39, 0.29) is 11.8 Å². The second kappa shape index (κ2) is 10.1. The van der Waals surface area contributed by atoms with Crippen molar-refractivity contribution in [3.8, 4) is 5.75 Å². The predicted molar refractivity (Wildman–Crippen MR) is 141 cm³/mol. The number of nitrogens with zero attached hydrogens (tertiary/aromatic N) is 4. The third-order valence-electron chi connectivity index (χ3n) is 7.16. The number of piperazine rings is 1. The Morgan fingerprint density at radius 3 is 2.71 bits per heavy atom. The summed E-state index contributed by atoms with van der Waals surface area (Å²) < 4.78 is 5.54. The number of amides is 1. The maximum absolute atomic E-state index is 12.4. The summed E-state index contributed by atoms with van der Waals surface area (Å²) in [7, 11) is 1.72. The number of hydrogen-bond donors (Lipinski definition) is 2. The summed E-state index contributed by atoms with van der Waals surface area (Å²) >= 11 is 0. The number of pyridine rings is 2. The molecule has 1 amide bonds. The second-order valence-electron chi connectivity index (χ2n) is 9.65. The number of aromatic nitrogens is 2. The highest BCUT2D eigenvalue weighted by atomic mass is 16.5. The van der Waals surface area contributed by atoms with Gasteiger partial charge in [-0.3, -0.25) is 14.7 Å². The van der Waals surface area contributed by atoms with E-state index in [9.17, 15) is 4.79 Å². The monoisotopic (exact) mass is 474 g/mol. The number of carbonyl (C=O) groups excluding carboxylic acids is 1. The van der Waals surface area contributed by atoms with E-state index in [0.29, 0.717) is 18.2 Å². The molecular formula is C27H34N6O2. The van der Waals surface area contributed by atoms with Crippen LogP contribution in [0.3, 0.4) is 0 Å². The lowest BCUT2D eigenvalue weighted by atomic mass is 9.82. The predicted octanol–water partition coefficient (Wildman–Crippen LogP) is 3.95. The lowest BCUT2D eigenvalue weighted by Crippen LogP contribution is -2.47. The number of anilines is 3. The van der Waals surface area contributed by atoms with Gasteiger partial charge in [-0.1, -0.05) is 32.0 Å². The van der Waals surface area contributed by atoms with Crippen molar-refractivity contribution in [2.45, 2.75) is 26.2 Å². The molecule has 2 N–H and O–H groups in total. The van der Waals surface area contributed by atoms with E-state index < -0.39 is 0 Å². The van der Waals surface area contributed by atoms with Gasteiger partial charge in [0.25, 0.3) is 0 Å².